The van der Waals surface area contributed by atoms with Gasteiger partial charge in [0, 0.05) is 31.0 Å². The van der Waals surface area contributed by atoms with Crippen molar-refractivity contribution in [1.29, 1.82) is 0 Å². The first-order valence-electron chi connectivity index (χ1n) is 11.0. The van der Waals surface area contributed by atoms with E-state index in [1.807, 2.05) is 87.1 Å². The molecular weight excluding hydrogens is 432 g/mol. The van der Waals surface area contributed by atoms with E-state index in [9.17, 15) is 9.59 Å². The van der Waals surface area contributed by atoms with Crippen LogP contribution in [0.25, 0.3) is 22.2 Å². The maximum Gasteiger partial charge on any atom is 0.278 e. The lowest BCUT2D eigenvalue weighted by atomic mass is 10.1. The van der Waals surface area contributed by atoms with Gasteiger partial charge in [0.2, 0.25) is 5.91 Å². The maximum atomic E-state index is 13.4. The fourth-order valence-electron chi connectivity index (χ4n) is 4.03. The Hall–Kier alpha value is -3.32. The van der Waals surface area contributed by atoms with Crippen molar-refractivity contribution >= 4 is 34.4 Å². The number of anilines is 1. The summed E-state index contributed by atoms with van der Waals surface area (Å²) in [7, 11) is 1.87. The highest BCUT2D eigenvalue weighted by atomic mass is 32.2. The molecule has 0 spiro atoms. The summed E-state index contributed by atoms with van der Waals surface area (Å²) in [4.78, 5) is 31.1. The van der Waals surface area contributed by atoms with E-state index in [2.05, 4.69) is 5.32 Å². The Kier molecular flexibility index (Phi) is 6.70. The monoisotopic (exact) mass is 460 g/mol. The van der Waals surface area contributed by atoms with Gasteiger partial charge in [-0.3, -0.25) is 14.2 Å². The number of nitrogens with one attached hydrogen (secondary N) is 1. The summed E-state index contributed by atoms with van der Waals surface area (Å²) < 4.78 is 3.54. The van der Waals surface area contributed by atoms with Gasteiger partial charge in [-0.2, -0.15) is 0 Å². The van der Waals surface area contributed by atoms with Gasteiger partial charge >= 0.3 is 0 Å². The lowest BCUT2D eigenvalue weighted by Crippen LogP contribution is -2.25. The summed E-state index contributed by atoms with van der Waals surface area (Å²) in [5.41, 5.74) is 5.96. The van der Waals surface area contributed by atoms with E-state index >= 15 is 0 Å². The van der Waals surface area contributed by atoms with E-state index in [-0.39, 0.29) is 17.2 Å². The number of nitrogens with zero attached hydrogens (tertiary/aromatic N) is 3. The summed E-state index contributed by atoms with van der Waals surface area (Å²) in [6.07, 6.45) is 2.75. The minimum absolute atomic E-state index is 0.0795. The van der Waals surface area contributed by atoms with Gasteiger partial charge in [0.15, 0.2) is 5.16 Å². The largest absolute Gasteiger partial charge is 0.344 e. The van der Waals surface area contributed by atoms with E-state index in [1.54, 1.807) is 4.57 Å². The van der Waals surface area contributed by atoms with Crippen LogP contribution in [0.2, 0.25) is 0 Å². The Morgan fingerprint density at radius 2 is 1.76 bits per heavy atom. The third-order valence-electron chi connectivity index (χ3n) is 5.65. The molecule has 2 aromatic heterocycles. The molecule has 0 aliphatic heterocycles. The number of carbonyl (C=O) groups is 1. The van der Waals surface area contributed by atoms with Gasteiger partial charge in [0.25, 0.3) is 5.56 Å². The van der Waals surface area contributed by atoms with Gasteiger partial charge in [-0.25, -0.2) is 4.98 Å². The molecule has 0 aliphatic rings. The minimum atomic E-state index is -0.119. The zero-order valence-corrected chi connectivity index (χ0v) is 20.2. The highest BCUT2D eigenvalue weighted by Gasteiger charge is 2.19. The number of amides is 1. The summed E-state index contributed by atoms with van der Waals surface area (Å²) in [5, 5.41) is 3.58. The molecule has 0 saturated carbocycles. The molecule has 0 unspecified atom stereocenters. The van der Waals surface area contributed by atoms with Crippen LogP contribution in [0.5, 0.6) is 0 Å². The molecule has 2 aromatic carbocycles. The number of carbonyl (C=O) groups excluding carboxylic acids is 1. The van der Waals surface area contributed by atoms with E-state index in [0.717, 1.165) is 34.4 Å². The van der Waals surface area contributed by atoms with Crippen LogP contribution >= 0.6 is 11.8 Å². The molecule has 0 bridgehead atoms. The lowest BCUT2D eigenvalue weighted by Gasteiger charge is -2.13. The second-order valence-corrected chi connectivity index (χ2v) is 9.11. The second kappa shape index (κ2) is 9.67. The lowest BCUT2D eigenvalue weighted by molar-refractivity contribution is -0.113. The normalized spacial score (nSPS) is 11.2. The van der Waals surface area contributed by atoms with Crippen LogP contribution < -0.4 is 10.9 Å². The standard InChI is InChI=1S/C26H28N4O2S/c1-5-14-30-25(32)24-23(20(15-29(24)4)19-12-7-6-8-13-19)28-26(30)33-16-21(31)27-22-17(2)10-9-11-18(22)3/h6-13,15H,5,14,16H2,1-4H3,(H,27,31). The number of thioether (sulfide) groups is 1. The van der Waals surface area contributed by atoms with Gasteiger partial charge < -0.3 is 9.88 Å². The number of hydrogen-bond acceptors (Lipinski definition) is 4. The van der Waals surface area contributed by atoms with E-state index in [1.165, 1.54) is 11.8 Å². The number of rotatable bonds is 7. The van der Waals surface area contributed by atoms with E-state index in [4.69, 9.17) is 4.98 Å². The van der Waals surface area contributed by atoms with Gasteiger partial charge in [-0.15, -0.1) is 0 Å². The number of aromatic nitrogens is 3. The predicted octanol–water partition coefficient (Wildman–Crippen LogP) is 5.16. The molecule has 170 valence electrons. The smallest absolute Gasteiger partial charge is 0.278 e. The molecule has 6 nitrogen and oxygen atoms in total. The Bertz CT molecular complexity index is 1350. The first-order valence-corrected chi connectivity index (χ1v) is 12.0. The molecule has 0 radical (unpaired) electrons. The van der Waals surface area contributed by atoms with Gasteiger partial charge in [0.1, 0.15) is 11.0 Å². The molecule has 0 aliphatic carbocycles. The minimum Gasteiger partial charge on any atom is -0.344 e. The molecule has 33 heavy (non-hydrogen) atoms. The van der Waals surface area contributed by atoms with Crippen LogP contribution in [0, 0.1) is 13.8 Å². The molecule has 0 atom stereocenters. The highest BCUT2D eigenvalue weighted by molar-refractivity contribution is 7.99. The number of aryl methyl sites for hydroxylation is 3. The van der Waals surface area contributed by atoms with Crippen LogP contribution in [-0.2, 0) is 18.4 Å². The molecule has 1 N–H and O–H groups in total. The van der Waals surface area contributed by atoms with Crippen LogP contribution in [-0.4, -0.2) is 25.8 Å². The Labute approximate surface area is 197 Å². The van der Waals surface area contributed by atoms with Crippen LogP contribution in [0.4, 0.5) is 5.69 Å². The molecule has 4 aromatic rings. The average molecular weight is 461 g/mol. The summed E-state index contributed by atoms with van der Waals surface area (Å²) >= 11 is 1.30. The fourth-order valence-corrected chi connectivity index (χ4v) is 4.85. The second-order valence-electron chi connectivity index (χ2n) is 8.17. The number of para-hydroxylation sites is 1. The summed E-state index contributed by atoms with van der Waals surface area (Å²) in [6.45, 7) is 6.53. The molecule has 0 saturated heterocycles. The van der Waals surface area contributed by atoms with Gasteiger partial charge in [-0.1, -0.05) is 67.2 Å². The van der Waals surface area contributed by atoms with Crippen molar-refractivity contribution in [2.75, 3.05) is 11.1 Å². The first-order chi connectivity index (χ1) is 15.9. The molecule has 1 amide bonds. The van der Waals surface area contributed by atoms with Crippen molar-refractivity contribution in [1.82, 2.24) is 14.1 Å². The van der Waals surface area contributed by atoms with E-state index in [0.29, 0.717) is 22.7 Å². The summed E-state index contributed by atoms with van der Waals surface area (Å²) in [5.74, 6) is 0.0503. The molecular formula is C26H28N4O2S. The molecule has 0 fully saturated rings. The predicted molar refractivity (Wildman–Crippen MR) is 136 cm³/mol. The Balaban J connectivity index is 1.69. The Morgan fingerprint density at radius 1 is 1.06 bits per heavy atom. The molecule has 2 heterocycles. The van der Waals surface area contributed by atoms with Crippen molar-refractivity contribution in [2.24, 2.45) is 7.05 Å². The molecule has 7 heteroatoms. The topological polar surface area (TPSA) is 68.9 Å². The zero-order valence-electron chi connectivity index (χ0n) is 19.4. The highest BCUT2D eigenvalue weighted by Crippen LogP contribution is 2.29. The van der Waals surface area contributed by atoms with Gasteiger partial charge in [-0.05, 0) is 37.0 Å². The van der Waals surface area contributed by atoms with E-state index < -0.39 is 0 Å². The fraction of sp³-hybridized carbons (Fsp3) is 0.269. The van der Waals surface area contributed by atoms with Crippen molar-refractivity contribution in [3.05, 3.63) is 76.2 Å². The number of benzene rings is 2. The zero-order chi connectivity index (χ0) is 23.5. The third kappa shape index (κ3) is 4.59. The van der Waals surface area contributed by atoms with Crippen molar-refractivity contribution in [3.8, 4) is 11.1 Å². The number of fused-ring (bicyclic) bond motifs is 1. The van der Waals surface area contributed by atoms with Crippen molar-refractivity contribution in [2.45, 2.75) is 38.9 Å². The third-order valence-corrected chi connectivity index (χ3v) is 6.63. The van der Waals surface area contributed by atoms with Crippen molar-refractivity contribution in [3.63, 3.8) is 0 Å². The first kappa shape index (κ1) is 22.9. The summed E-state index contributed by atoms with van der Waals surface area (Å²) in [6, 6.07) is 15.9. The molecule has 4 rings (SSSR count). The van der Waals surface area contributed by atoms with Crippen molar-refractivity contribution < 1.29 is 4.79 Å². The van der Waals surface area contributed by atoms with Gasteiger partial charge in [0.05, 0.1) is 5.75 Å². The SMILES string of the molecule is CCCn1c(SCC(=O)Nc2c(C)cccc2C)nc2c(-c3ccccc3)cn(C)c2c1=O. The van der Waals surface area contributed by atoms with Crippen LogP contribution in [0.15, 0.2) is 64.7 Å². The Morgan fingerprint density at radius 3 is 2.42 bits per heavy atom. The number of hydrogen-bond donors (Lipinski definition) is 1. The van der Waals surface area contributed by atoms with Crippen LogP contribution in [0.3, 0.4) is 0 Å². The maximum absolute atomic E-state index is 13.4. The van der Waals surface area contributed by atoms with Crippen LogP contribution in [0.1, 0.15) is 24.5 Å². The average Bonchev–Trinajstić information content (AvgIpc) is 3.14. The quantitative estimate of drug-likeness (QED) is 0.306.